The van der Waals surface area contributed by atoms with Gasteiger partial charge in [-0.05, 0) is 38.5 Å². The van der Waals surface area contributed by atoms with Gasteiger partial charge in [-0.1, -0.05) is 13.8 Å². The summed E-state index contributed by atoms with van der Waals surface area (Å²) in [4.78, 5) is 28.0. The molecule has 1 aliphatic rings. The Balaban J connectivity index is 2.48. The fraction of sp³-hybridized carbons (Fsp3) is 0.722. The first-order chi connectivity index (χ1) is 11.2. The number of aliphatic hydroxyl groups excluding tert-OH is 1. The third kappa shape index (κ3) is 6.07. The van der Waals surface area contributed by atoms with Crippen molar-refractivity contribution in [3.05, 3.63) is 11.3 Å². The summed E-state index contributed by atoms with van der Waals surface area (Å²) in [5.74, 6) is -0.279. The smallest absolute Gasteiger partial charge is 0.322 e. The number of carbonyl (C=O) groups excluding carboxylic acids is 2. The molecule has 136 valence electrons. The fourth-order valence-corrected chi connectivity index (χ4v) is 2.87. The number of aliphatic imine (C=N–C) groups is 1. The van der Waals surface area contributed by atoms with Crippen molar-refractivity contribution >= 4 is 17.5 Å². The molecule has 0 aromatic carbocycles. The maximum Gasteiger partial charge on any atom is 0.322 e. The van der Waals surface area contributed by atoms with E-state index in [-0.39, 0.29) is 22.9 Å². The highest BCUT2D eigenvalue weighted by molar-refractivity contribution is 6.22. The number of hydrogen-bond donors (Lipinski definition) is 2. The van der Waals surface area contributed by atoms with Gasteiger partial charge < -0.3 is 15.6 Å². The number of carbonyl (C=O) groups is 2. The average molecular weight is 338 g/mol. The van der Waals surface area contributed by atoms with Crippen LogP contribution < -0.4 is 5.73 Å². The van der Waals surface area contributed by atoms with Gasteiger partial charge in [0, 0.05) is 25.1 Å². The number of esters is 1. The molecule has 0 unspecified atom stereocenters. The fourth-order valence-electron chi connectivity index (χ4n) is 2.87. The zero-order valence-electron chi connectivity index (χ0n) is 15.2. The van der Waals surface area contributed by atoms with E-state index < -0.39 is 6.04 Å². The molecule has 1 atom stereocenters. The van der Waals surface area contributed by atoms with Crippen molar-refractivity contribution in [3.8, 4) is 0 Å². The van der Waals surface area contributed by atoms with E-state index in [1.54, 1.807) is 13.8 Å². The summed E-state index contributed by atoms with van der Waals surface area (Å²) in [5.41, 5.74) is 6.49. The van der Waals surface area contributed by atoms with Gasteiger partial charge in [0.15, 0.2) is 5.78 Å². The number of Topliss-reactive ketones (excluding diaryl/α,β-unsaturated/α-hetero) is 1. The maximum absolute atomic E-state index is 12.2. The summed E-state index contributed by atoms with van der Waals surface area (Å²) < 4.78 is 4.86. The lowest BCUT2D eigenvalue weighted by molar-refractivity contribution is -0.144. The number of rotatable bonds is 8. The van der Waals surface area contributed by atoms with E-state index in [0.29, 0.717) is 43.7 Å². The van der Waals surface area contributed by atoms with Crippen LogP contribution in [0.25, 0.3) is 0 Å². The second-order valence-corrected chi connectivity index (χ2v) is 7.08. The van der Waals surface area contributed by atoms with Crippen LogP contribution in [0.4, 0.5) is 0 Å². The average Bonchev–Trinajstić information content (AvgIpc) is 2.44. The first kappa shape index (κ1) is 20.4. The molecular weight excluding hydrogens is 308 g/mol. The molecule has 3 N–H and O–H groups in total. The van der Waals surface area contributed by atoms with Crippen LogP contribution in [0.1, 0.15) is 59.8 Å². The van der Waals surface area contributed by atoms with E-state index in [1.807, 2.05) is 13.8 Å². The normalized spacial score (nSPS) is 19.4. The zero-order valence-corrected chi connectivity index (χ0v) is 15.2. The summed E-state index contributed by atoms with van der Waals surface area (Å²) in [6.07, 6.45) is 2.98. The summed E-state index contributed by atoms with van der Waals surface area (Å²) in [6, 6.07) is -0.594. The number of nitrogens with zero attached hydrogens (tertiary/aromatic N) is 1. The van der Waals surface area contributed by atoms with Crippen molar-refractivity contribution in [1.29, 1.82) is 0 Å². The lowest BCUT2D eigenvalue weighted by atomic mass is 9.76. The molecular formula is C18H30N2O4. The van der Waals surface area contributed by atoms with Crippen LogP contribution in [0, 0.1) is 5.41 Å². The second kappa shape index (κ2) is 8.97. The minimum Gasteiger partial charge on any atom is -0.511 e. The van der Waals surface area contributed by atoms with Gasteiger partial charge in [-0.15, -0.1) is 0 Å². The van der Waals surface area contributed by atoms with Gasteiger partial charge in [0.1, 0.15) is 11.8 Å². The molecule has 0 heterocycles. The van der Waals surface area contributed by atoms with E-state index in [2.05, 4.69) is 4.99 Å². The van der Waals surface area contributed by atoms with Crippen molar-refractivity contribution in [2.45, 2.75) is 65.8 Å². The minimum absolute atomic E-state index is 0.0469. The molecule has 6 nitrogen and oxygen atoms in total. The molecule has 0 bridgehead atoms. The number of allylic oxidation sites excluding steroid dienone is 2. The van der Waals surface area contributed by atoms with Gasteiger partial charge in [-0.3, -0.25) is 14.6 Å². The molecule has 0 amide bonds. The van der Waals surface area contributed by atoms with Crippen LogP contribution in [-0.4, -0.2) is 41.8 Å². The molecule has 6 heteroatoms. The van der Waals surface area contributed by atoms with Gasteiger partial charge in [-0.2, -0.15) is 0 Å². The molecule has 0 fully saturated rings. The Morgan fingerprint density at radius 2 is 2.04 bits per heavy atom. The number of nitrogens with two attached hydrogens (primary N) is 1. The Hall–Kier alpha value is -1.69. The van der Waals surface area contributed by atoms with Crippen LogP contribution in [0.2, 0.25) is 0 Å². The van der Waals surface area contributed by atoms with Crippen LogP contribution in [0.3, 0.4) is 0 Å². The minimum atomic E-state index is -0.594. The molecule has 0 saturated heterocycles. The van der Waals surface area contributed by atoms with E-state index in [1.165, 1.54) is 0 Å². The Kier molecular flexibility index (Phi) is 7.60. The summed E-state index contributed by atoms with van der Waals surface area (Å²) in [5, 5.41) is 10.1. The Bertz CT molecular complexity index is 535. The summed E-state index contributed by atoms with van der Waals surface area (Å²) >= 11 is 0. The van der Waals surface area contributed by atoms with Crippen molar-refractivity contribution in [2.75, 3.05) is 13.2 Å². The van der Waals surface area contributed by atoms with Gasteiger partial charge in [0.05, 0.1) is 12.2 Å². The van der Waals surface area contributed by atoms with E-state index in [9.17, 15) is 14.7 Å². The second-order valence-electron chi connectivity index (χ2n) is 7.08. The third-order valence-electron chi connectivity index (χ3n) is 4.08. The number of aliphatic hydroxyl groups is 1. The first-order valence-corrected chi connectivity index (χ1v) is 8.57. The molecule has 0 radical (unpaired) electrons. The molecule has 1 rings (SSSR count). The zero-order chi connectivity index (χ0) is 18.3. The van der Waals surface area contributed by atoms with E-state index >= 15 is 0 Å². The maximum atomic E-state index is 12.2. The van der Waals surface area contributed by atoms with Crippen LogP contribution in [0.15, 0.2) is 16.3 Å². The van der Waals surface area contributed by atoms with Crippen molar-refractivity contribution in [1.82, 2.24) is 0 Å². The summed E-state index contributed by atoms with van der Waals surface area (Å²) in [7, 11) is 0. The monoisotopic (exact) mass is 338 g/mol. The lowest BCUT2D eigenvalue weighted by Crippen LogP contribution is -2.32. The van der Waals surface area contributed by atoms with Crippen LogP contribution in [-0.2, 0) is 14.3 Å². The van der Waals surface area contributed by atoms with Crippen molar-refractivity contribution in [2.24, 2.45) is 16.1 Å². The molecule has 0 saturated carbocycles. The van der Waals surface area contributed by atoms with Crippen LogP contribution >= 0.6 is 0 Å². The molecule has 0 aromatic heterocycles. The Labute approximate surface area is 144 Å². The number of ketones is 1. The third-order valence-corrected chi connectivity index (χ3v) is 4.08. The van der Waals surface area contributed by atoms with E-state index in [0.717, 1.165) is 12.8 Å². The predicted octanol–water partition coefficient (Wildman–Crippen LogP) is 2.71. The molecule has 0 spiro atoms. The molecule has 0 aliphatic heterocycles. The predicted molar refractivity (Wildman–Crippen MR) is 94.1 cm³/mol. The Morgan fingerprint density at radius 3 is 2.62 bits per heavy atom. The van der Waals surface area contributed by atoms with Gasteiger partial charge in [0.25, 0.3) is 0 Å². The van der Waals surface area contributed by atoms with Gasteiger partial charge >= 0.3 is 5.97 Å². The molecule has 0 aromatic rings. The van der Waals surface area contributed by atoms with Crippen molar-refractivity contribution in [3.63, 3.8) is 0 Å². The number of ether oxygens (including phenoxy) is 1. The highest BCUT2D eigenvalue weighted by Crippen LogP contribution is 2.36. The summed E-state index contributed by atoms with van der Waals surface area (Å²) in [6.45, 7) is 8.31. The highest BCUT2D eigenvalue weighted by Gasteiger charge is 2.33. The first-order valence-electron chi connectivity index (χ1n) is 8.57. The standard InChI is InChI=1S/C18H30N2O4/c1-5-24-17(23)13(19)8-6-7-9-20-12(2)16-14(21)10-18(3,4)11-15(16)22/h13,21H,5-11,19H2,1-4H3/t13-/m0/s1. The van der Waals surface area contributed by atoms with Gasteiger partial charge in [0.2, 0.25) is 0 Å². The van der Waals surface area contributed by atoms with Crippen molar-refractivity contribution < 1.29 is 19.4 Å². The van der Waals surface area contributed by atoms with Gasteiger partial charge in [-0.25, -0.2) is 0 Å². The SMILES string of the molecule is CCOC(=O)[C@@H](N)CCCCN=C(C)C1=C(O)CC(C)(C)CC1=O. The topological polar surface area (TPSA) is 102 Å². The Morgan fingerprint density at radius 1 is 1.38 bits per heavy atom. The van der Waals surface area contributed by atoms with E-state index in [4.69, 9.17) is 10.5 Å². The van der Waals surface area contributed by atoms with Crippen LogP contribution in [0.5, 0.6) is 0 Å². The lowest BCUT2D eigenvalue weighted by Gasteiger charge is -2.29. The highest BCUT2D eigenvalue weighted by atomic mass is 16.5. The number of unbranched alkanes of at least 4 members (excludes halogenated alkanes) is 1. The number of hydrogen-bond acceptors (Lipinski definition) is 6. The quantitative estimate of drug-likeness (QED) is 0.402. The largest absolute Gasteiger partial charge is 0.511 e. The molecule has 24 heavy (non-hydrogen) atoms. The molecule has 1 aliphatic carbocycles.